The number of nitrogens with one attached hydrogen (secondary N) is 1. The van der Waals surface area contributed by atoms with E-state index in [0.29, 0.717) is 5.76 Å². The molecule has 116 valence electrons. The summed E-state index contributed by atoms with van der Waals surface area (Å²) in [5.41, 5.74) is -0.573. The summed E-state index contributed by atoms with van der Waals surface area (Å²) >= 11 is 0. The zero-order valence-electron chi connectivity index (χ0n) is 12.1. The molecular weight excluding hydrogens is 290 g/mol. The molecule has 1 atom stereocenters. The predicted octanol–water partition coefficient (Wildman–Crippen LogP) is 1.43. The lowest BCUT2D eigenvalue weighted by molar-refractivity contribution is -0.141. The molecule has 8 nitrogen and oxygen atoms in total. The molecule has 2 aromatic rings. The van der Waals surface area contributed by atoms with Gasteiger partial charge in [-0.25, -0.2) is 4.79 Å². The van der Waals surface area contributed by atoms with E-state index in [-0.39, 0.29) is 17.8 Å². The van der Waals surface area contributed by atoms with Gasteiger partial charge in [0, 0.05) is 12.3 Å². The van der Waals surface area contributed by atoms with E-state index in [1.165, 1.54) is 24.4 Å². The van der Waals surface area contributed by atoms with Crippen LogP contribution >= 0.6 is 0 Å². The number of amides is 1. The van der Waals surface area contributed by atoms with Gasteiger partial charge in [0.25, 0.3) is 11.5 Å². The summed E-state index contributed by atoms with van der Waals surface area (Å²) in [4.78, 5) is 35.4. The Morgan fingerprint density at radius 3 is 2.77 bits per heavy atom. The second-order valence-corrected chi connectivity index (χ2v) is 4.67. The van der Waals surface area contributed by atoms with Gasteiger partial charge < -0.3 is 14.9 Å². The van der Waals surface area contributed by atoms with Crippen molar-refractivity contribution in [1.29, 1.82) is 0 Å². The first-order valence-corrected chi connectivity index (χ1v) is 6.62. The Bertz CT molecular complexity index is 762. The highest BCUT2D eigenvalue weighted by Crippen LogP contribution is 2.11. The molecular formula is C14H15N3O5. The Labute approximate surface area is 125 Å². The van der Waals surface area contributed by atoms with Crippen LogP contribution in [-0.4, -0.2) is 26.7 Å². The standard InChI is InChI=1S/C14H15N3O5/c1-3-11(14(20)21)17-6-4-5-9(13(17)19)15-12(18)10-7-8(2)22-16-10/h4-7,11H,3H2,1-2H3,(H,15,18)(H,20,21)/t11-/m0/s1. The summed E-state index contributed by atoms with van der Waals surface area (Å²) in [7, 11) is 0. The molecule has 0 aromatic carbocycles. The summed E-state index contributed by atoms with van der Waals surface area (Å²) in [6.07, 6.45) is 1.62. The molecule has 0 bridgehead atoms. The van der Waals surface area contributed by atoms with Gasteiger partial charge in [0.15, 0.2) is 5.69 Å². The van der Waals surface area contributed by atoms with E-state index >= 15 is 0 Å². The molecule has 0 saturated heterocycles. The third-order valence-corrected chi connectivity index (χ3v) is 3.09. The number of aliphatic carboxylic acids is 1. The molecule has 0 aliphatic carbocycles. The highest BCUT2D eigenvalue weighted by Gasteiger charge is 2.20. The molecule has 0 saturated carbocycles. The number of aryl methyl sites for hydroxylation is 1. The number of anilines is 1. The van der Waals surface area contributed by atoms with Crippen LogP contribution in [0.5, 0.6) is 0 Å². The summed E-state index contributed by atoms with van der Waals surface area (Å²) in [5, 5.41) is 15.1. The molecule has 22 heavy (non-hydrogen) atoms. The van der Waals surface area contributed by atoms with Crippen molar-refractivity contribution in [2.24, 2.45) is 0 Å². The van der Waals surface area contributed by atoms with Crippen molar-refractivity contribution in [1.82, 2.24) is 9.72 Å². The van der Waals surface area contributed by atoms with Gasteiger partial charge in [0.2, 0.25) is 0 Å². The normalized spacial score (nSPS) is 11.9. The molecule has 0 radical (unpaired) electrons. The maximum atomic E-state index is 12.3. The fourth-order valence-corrected chi connectivity index (χ4v) is 2.00. The van der Waals surface area contributed by atoms with Crippen LogP contribution in [0.3, 0.4) is 0 Å². The van der Waals surface area contributed by atoms with E-state index in [9.17, 15) is 14.4 Å². The van der Waals surface area contributed by atoms with E-state index in [2.05, 4.69) is 10.5 Å². The van der Waals surface area contributed by atoms with Gasteiger partial charge in [-0.3, -0.25) is 14.2 Å². The van der Waals surface area contributed by atoms with Crippen molar-refractivity contribution in [2.45, 2.75) is 26.3 Å². The Balaban J connectivity index is 2.31. The minimum absolute atomic E-state index is 0.0205. The number of rotatable bonds is 5. The number of hydrogen-bond donors (Lipinski definition) is 2. The zero-order valence-corrected chi connectivity index (χ0v) is 12.1. The van der Waals surface area contributed by atoms with Crippen molar-refractivity contribution in [3.8, 4) is 0 Å². The van der Waals surface area contributed by atoms with Crippen molar-refractivity contribution in [3.63, 3.8) is 0 Å². The lowest BCUT2D eigenvalue weighted by atomic mass is 10.2. The molecule has 2 heterocycles. The average Bonchev–Trinajstić information content (AvgIpc) is 2.90. The Morgan fingerprint density at radius 1 is 1.50 bits per heavy atom. The van der Waals surface area contributed by atoms with Crippen LogP contribution in [0.1, 0.15) is 35.6 Å². The smallest absolute Gasteiger partial charge is 0.326 e. The predicted molar refractivity (Wildman–Crippen MR) is 76.9 cm³/mol. The van der Waals surface area contributed by atoms with E-state index in [1.54, 1.807) is 13.8 Å². The van der Waals surface area contributed by atoms with Crippen molar-refractivity contribution < 1.29 is 19.2 Å². The molecule has 2 N–H and O–H groups in total. The number of carboxylic acids is 1. The van der Waals surface area contributed by atoms with Gasteiger partial charge in [-0.2, -0.15) is 0 Å². The van der Waals surface area contributed by atoms with Crippen LogP contribution in [-0.2, 0) is 4.79 Å². The highest BCUT2D eigenvalue weighted by atomic mass is 16.5. The van der Waals surface area contributed by atoms with Gasteiger partial charge >= 0.3 is 5.97 Å². The molecule has 0 spiro atoms. The van der Waals surface area contributed by atoms with E-state index in [4.69, 9.17) is 9.63 Å². The molecule has 0 unspecified atom stereocenters. The van der Waals surface area contributed by atoms with Crippen LogP contribution in [0.2, 0.25) is 0 Å². The molecule has 2 rings (SSSR count). The topological polar surface area (TPSA) is 114 Å². The third kappa shape index (κ3) is 3.05. The second kappa shape index (κ2) is 6.25. The molecule has 1 amide bonds. The second-order valence-electron chi connectivity index (χ2n) is 4.67. The quantitative estimate of drug-likeness (QED) is 0.863. The zero-order chi connectivity index (χ0) is 16.3. The number of carbonyl (C=O) groups is 2. The van der Waals surface area contributed by atoms with Crippen LogP contribution < -0.4 is 10.9 Å². The lowest BCUT2D eigenvalue weighted by Crippen LogP contribution is -2.31. The van der Waals surface area contributed by atoms with Crippen molar-refractivity contribution in [2.75, 3.05) is 5.32 Å². The van der Waals surface area contributed by atoms with Crippen LogP contribution in [0, 0.1) is 6.92 Å². The number of aromatic nitrogens is 2. The van der Waals surface area contributed by atoms with Gasteiger partial charge in [-0.15, -0.1) is 0 Å². The molecule has 2 aromatic heterocycles. The van der Waals surface area contributed by atoms with Gasteiger partial charge in [-0.1, -0.05) is 12.1 Å². The molecule has 0 aliphatic heterocycles. The number of carbonyl (C=O) groups excluding carboxylic acids is 1. The largest absolute Gasteiger partial charge is 0.480 e. The minimum atomic E-state index is -1.11. The van der Waals surface area contributed by atoms with Crippen LogP contribution in [0.15, 0.2) is 33.7 Å². The van der Waals surface area contributed by atoms with Gasteiger partial charge in [0.05, 0.1) is 0 Å². The Morgan fingerprint density at radius 2 is 2.23 bits per heavy atom. The molecule has 8 heteroatoms. The summed E-state index contributed by atoms with van der Waals surface area (Å²) in [6, 6.07) is 3.34. The van der Waals surface area contributed by atoms with E-state index in [0.717, 1.165) is 4.57 Å². The van der Waals surface area contributed by atoms with Gasteiger partial charge in [-0.05, 0) is 25.5 Å². The number of hydrogen-bond acceptors (Lipinski definition) is 5. The monoisotopic (exact) mass is 305 g/mol. The van der Waals surface area contributed by atoms with Crippen molar-refractivity contribution >= 4 is 17.6 Å². The molecule has 0 aliphatic rings. The third-order valence-electron chi connectivity index (χ3n) is 3.09. The van der Waals surface area contributed by atoms with Crippen LogP contribution in [0.4, 0.5) is 5.69 Å². The fraction of sp³-hybridized carbons (Fsp3) is 0.286. The van der Waals surface area contributed by atoms with Crippen molar-refractivity contribution in [3.05, 3.63) is 46.2 Å². The molecule has 0 fully saturated rings. The van der Waals surface area contributed by atoms with E-state index in [1.807, 2.05) is 0 Å². The minimum Gasteiger partial charge on any atom is -0.480 e. The first-order valence-electron chi connectivity index (χ1n) is 6.62. The maximum absolute atomic E-state index is 12.3. The van der Waals surface area contributed by atoms with Crippen LogP contribution in [0.25, 0.3) is 0 Å². The number of nitrogens with zero attached hydrogens (tertiary/aromatic N) is 2. The number of carboxylic acid groups (broad SMARTS) is 1. The summed E-state index contributed by atoms with van der Waals surface area (Å²) in [5.74, 6) is -1.25. The SMILES string of the molecule is CC[C@@H](C(=O)O)n1cccc(NC(=O)c2cc(C)on2)c1=O. The summed E-state index contributed by atoms with van der Waals surface area (Å²) in [6.45, 7) is 3.30. The lowest BCUT2D eigenvalue weighted by Gasteiger charge is -2.14. The highest BCUT2D eigenvalue weighted by molar-refractivity contribution is 6.02. The Kier molecular flexibility index (Phi) is 4.40. The fourth-order valence-electron chi connectivity index (χ4n) is 2.00. The summed E-state index contributed by atoms with van der Waals surface area (Å²) < 4.78 is 5.87. The first kappa shape index (κ1) is 15.5. The van der Waals surface area contributed by atoms with Gasteiger partial charge in [0.1, 0.15) is 17.5 Å². The van der Waals surface area contributed by atoms with E-state index < -0.39 is 23.5 Å². The first-order chi connectivity index (χ1) is 10.4. The average molecular weight is 305 g/mol. The maximum Gasteiger partial charge on any atom is 0.326 e. The Hall–Kier alpha value is -2.90. The number of pyridine rings is 1.